The topological polar surface area (TPSA) is 574 Å². The van der Waals surface area contributed by atoms with Crippen molar-refractivity contribution in [1.29, 1.82) is 0 Å². The van der Waals surface area contributed by atoms with Crippen molar-refractivity contribution in [3.8, 4) is 11.5 Å². The molecule has 13 amide bonds. The summed E-state index contributed by atoms with van der Waals surface area (Å²) < 4.78 is 0. The zero-order valence-corrected chi connectivity index (χ0v) is 64.3. The fourth-order valence-corrected chi connectivity index (χ4v) is 17.4. The van der Waals surface area contributed by atoms with Gasteiger partial charge in [-0.15, -0.1) is 5.54 Å². The first-order valence-corrected chi connectivity index (χ1v) is 38.9. The maximum Gasteiger partial charge on any atom is 0.326 e. The van der Waals surface area contributed by atoms with Crippen molar-refractivity contribution in [2.24, 2.45) is 33.7 Å². The van der Waals surface area contributed by atoms with E-state index in [2.05, 4.69) is 132 Å². The van der Waals surface area contributed by atoms with Gasteiger partial charge in [-0.3, -0.25) is 67.3 Å². The van der Waals surface area contributed by atoms with E-state index in [-0.39, 0.29) is 57.6 Å². The summed E-state index contributed by atoms with van der Waals surface area (Å²) in [7, 11) is -2.23. The van der Waals surface area contributed by atoms with Crippen LogP contribution in [0.5, 0.6) is 0 Å². The number of amides is 13. The highest BCUT2D eigenvalue weighted by Crippen LogP contribution is 2.41. The number of unbranched alkanes of at least 4 members (excludes halogenated alkanes) is 2. The number of aliphatic imine (C=N–C) groups is 1. The van der Waals surface area contributed by atoms with Crippen LogP contribution in [0.4, 0.5) is 0 Å². The van der Waals surface area contributed by atoms with Crippen LogP contribution in [-0.2, 0) is 86.4 Å². The van der Waals surface area contributed by atoms with E-state index in [1.54, 1.807) is 60.7 Å². The van der Waals surface area contributed by atoms with E-state index in [0.717, 1.165) is 10.9 Å². The Morgan fingerprint density at radius 3 is 1.22 bits per heavy atom. The number of nitrogens with one attached hydrogen (secondary N) is 14. The van der Waals surface area contributed by atoms with Gasteiger partial charge in [-0.25, -0.2) is 4.79 Å². The molecule has 0 aliphatic carbocycles. The van der Waals surface area contributed by atoms with Crippen LogP contribution < -0.4 is 97.8 Å². The van der Waals surface area contributed by atoms with Gasteiger partial charge in [0.05, 0.1) is 64.1 Å². The van der Waals surface area contributed by atoms with Crippen LogP contribution in [0.2, 0.25) is 16.6 Å². The number of hydrogen-bond acceptors (Lipinski definition) is 18. The van der Waals surface area contributed by atoms with Gasteiger partial charge >= 0.3 is 5.97 Å². The summed E-state index contributed by atoms with van der Waals surface area (Å²) in [6, 6.07) is 17.0. The van der Waals surface area contributed by atoms with Gasteiger partial charge in [0.25, 0.3) is 0 Å². The fourth-order valence-electron chi connectivity index (χ4n) is 12.2. The highest BCUT2D eigenvalue weighted by molar-refractivity contribution is 6.90. The molecule has 1 aromatic heterocycles. The Bertz CT molecular complexity index is 3840. The molecule has 0 saturated carbocycles. The lowest BCUT2D eigenvalue weighted by Crippen LogP contribution is -2.54. The lowest BCUT2D eigenvalue weighted by Gasteiger charge is -2.38. The normalized spacial score (nSPS) is 12.7. The van der Waals surface area contributed by atoms with Crippen LogP contribution in [0, 0.1) is 11.5 Å². The predicted octanol–water partition coefficient (Wildman–Crippen LogP) is -3.16. The highest BCUT2D eigenvalue weighted by Gasteiger charge is 2.42. The Balaban J connectivity index is 1.30. The van der Waals surface area contributed by atoms with Gasteiger partial charge in [0.2, 0.25) is 76.8 Å². The van der Waals surface area contributed by atoms with Gasteiger partial charge in [-0.05, 0) is 97.4 Å². The summed E-state index contributed by atoms with van der Waals surface area (Å²) in [6.45, 7) is 8.70. The van der Waals surface area contributed by atoms with E-state index >= 15 is 0 Å². The first-order valence-electron chi connectivity index (χ1n) is 36.7. The molecule has 0 aliphatic heterocycles. The molecule has 0 bridgehead atoms. The number of nitrogens with zero attached hydrogens (tertiary/aromatic N) is 1. The number of fused-ring (bicyclic) bond motifs is 1. The van der Waals surface area contributed by atoms with Gasteiger partial charge in [-0.1, -0.05) is 133 Å². The van der Waals surface area contributed by atoms with Crippen molar-refractivity contribution in [3.05, 3.63) is 107 Å². The van der Waals surface area contributed by atoms with Crippen LogP contribution in [0.15, 0.2) is 89.9 Å². The predicted molar refractivity (Wildman–Crippen MR) is 415 cm³/mol. The number of carboxylic acid groups (broad SMARTS) is 1. The van der Waals surface area contributed by atoms with E-state index in [9.17, 15) is 72.2 Å². The average molecular weight is 1550 g/mol. The maximum absolute atomic E-state index is 14.0. The third kappa shape index (κ3) is 32.7. The van der Waals surface area contributed by atoms with Gasteiger partial charge < -0.3 is 108 Å². The molecule has 600 valence electrons. The molecule has 0 spiro atoms. The molecule has 3 aromatic carbocycles. The molecule has 35 nitrogen and oxygen atoms in total. The van der Waals surface area contributed by atoms with E-state index in [4.69, 9.17) is 28.7 Å². The Kier molecular flexibility index (Phi) is 39.9. The number of nitrogens with two attached hydrogens (primary N) is 5. The Labute approximate surface area is 640 Å². The molecule has 25 N–H and O–H groups in total. The second-order valence-corrected chi connectivity index (χ2v) is 32.8. The molecule has 0 radical (unpaired) electrons. The van der Waals surface area contributed by atoms with Gasteiger partial charge in [0, 0.05) is 36.7 Å². The quantitative estimate of drug-likeness (QED) is 0.00682. The molecule has 4 aromatic rings. The lowest BCUT2D eigenvalue weighted by molar-refractivity contribution is -0.142. The number of para-hydroxylation sites is 1. The number of aromatic nitrogens is 1. The summed E-state index contributed by atoms with van der Waals surface area (Å²) in [5, 5.41) is 43.0. The minimum Gasteiger partial charge on any atom is -0.480 e. The van der Waals surface area contributed by atoms with Crippen molar-refractivity contribution < 1.29 is 72.2 Å². The van der Waals surface area contributed by atoms with E-state index in [0.29, 0.717) is 77.7 Å². The molecule has 36 heteroatoms. The van der Waals surface area contributed by atoms with E-state index in [1.165, 1.54) is 0 Å². The summed E-state index contributed by atoms with van der Waals surface area (Å²) in [6.07, 6.45) is 2.38. The van der Waals surface area contributed by atoms with Crippen LogP contribution in [0.3, 0.4) is 0 Å². The van der Waals surface area contributed by atoms with Crippen molar-refractivity contribution in [2.45, 2.75) is 165 Å². The molecule has 4 rings (SSSR count). The highest BCUT2D eigenvalue weighted by atomic mass is 28.3. The standard InChI is InChI=1S/C74H110N20O15Si/c1-45(2)110(46(3)4,47(5)6)33-29-54-51(50-24-13-14-26-53(50)89-54)36-59(73(108)109)94-72(107)56(27-16-18-31-76)91-65(100)42-82-63(98)40-88-71(106)58(35-49-22-11-8-12-23-49)93-67(102)44-84-61(96)38-86-69(104)55(28-19-32-80-74(78)79)90-64(99)41-81-62(97)39-87-70(105)57(34-48-20-9-7-10-21-48)92-66(101)43-83-60(95)37-85-68(103)52(77)25-15-17-30-75/h7-14,20-24,26,45-47,52,55-59,89H,15-19,25,27-28,30-32,34-44,75-77H2,1-6H3,(H,81,97)(H,82,98)(H,83,95)(H,84,96)(H,85,103)(H,86,104)(H,87,105)(H,88,106)(H,90,99)(H,91,100)(H,92,101)(H,93,102)(H,94,107)(H,108,109)(H4,78,79,80)/t52-,55-,56-,57-,58-,59-/m0/s1. The number of aliphatic carboxylic acids is 1. The third-order valence-electron chi connectivity index (χ3n) is 18.0. The number of guanidine groups is 1. The largest absolute Gasteiger partial charge is 0.480 e. The van der Waals surface area contributed by atoms with Crippen molar-refractivity contribution >= 4 is 108 Å². The molecule has 0 aliphatic rings. The Morgan fingerprint density at radius 1 is 0.427 bits per heavy atom. The van der Waals surface area contributed by atoms with Crippen molar-refractivity contribution in [1.82, 2.24) is 74.1 Å². The maximum atomic E-state index is 14.0. The molecular weight excluding hydrogens is 1440 g/mol. The molecule has 6 atom stereocenters. The summed E-state index contributed by atoms with van der Waals surface area (Å²) in [4.78, 5) is 192. The molecule has 1 heterocycles. The number of benzene rings is 3. The number of carbonyl (C=O) groups excluding carboxylic acids is 13. The number of aromatic amines is 1. The summed E-state index contributed by atoms with van der Waals surface area (Å²) in [5.74, 6) is -8.60. The van der Waals surface area contributed by atoms with Crippen LogP contribution >= 0.6 is 0 Å². The second-order valence-electron chi connectivity index (χ2n) is 27.2. The molecule has 110 heavy (non-hydrogen) atoms. The number of hydrogen-bond donors (Lipinski definition) is 20. The lowest BCUT2D eigenvalue weighted by atomic mass is 10.0. The monoisotopic (exact) mass is 1550 g/mol. The number of rotatable bonds is 48. The molecular formula is C74H110N20O15Si. The molecule has 0 saturated heterocycles. The van der Waals surface area contributed by atoms with Crippen molar-refractivity contribution in [3.63, 3.8) is 0 Å². The Hall–Kier alpha value is -11.3. The van der Waals surface area contributed by atoms with Gasteiger partial charge in [0.1, 0.15) is 38.3 Å². The summed E-state index contributed by atoms with van der Waals surface area (Å²) in [5.41, 5.74) is 35.8. The first kappa shape index (κ1) is 91.1. The molecule has 0 fully saturated rings. The number of H-pyrrole nitrogens is 1. The number of carboxylic acids is 1. The third-order valence-corrected chi connectivity index (χ3v) is 24.2. The summed E-state index contributed by atoms with van der Waals surface area (Å²) >= 11 is 0. The SMILES string of the molecule is CC(C)[Si](C#Cc1[nH]c2ccccc2c1C[C@H](NC(=O)[C@H](CCCCN)NC(=O)CNC(=O)CNC(=O)[C@H](Cc1ccccc1)NC(=O)CNC(=O)CNC(=O)[C@H](CCCN=C(N)N)NC(=O)CNC(=O)CNC(=O)[C@H](Cc1ccccc1)NC(=O)CNC(=O)CNC(=O)[C@@H](N)CCCCN)C(=O)O)(C(C)C)C(C)C. The fraction of sp³-hybridized carbons (Fsp3) is 0.500. The average Bonchev–Trinajstić information content (AvgIpc) is 1.67. The minimum absolute atomic E-state index is 0.0285. The van der Waals surface area contributed by atoms with Crippen molar-refractivity contribution in [2.75, 3.05) is 72.0 Å². The zero-order valence-electron chi connectivity index (χ0n) is 63.3. The van der Waals surface area contributed by atoms with Gasteiger partial charge in [-0.2, -0.15) is 0 Å². The minimum atomic E-state index is -2.23. The Morgan fingerprint density at radius 2 is 0.800 bits per heavy atom. The van der Waals surface area contributed by atoms with E-state index < -0.39 is 179 Å². The van der Waals surface area contributed by atoms with Gasteiger partial charge in [0.15, 0.2) is 5.96 Å². The first-order chi connectivity index (χ1) is 52.4. The van der Waals surface area contributed by atoms with Crippen LogP contribution in [0.1, 0.15) is 115 Å². The van der Waals surface area contributed by atoms with Crippen LogP contribution in [-0.4, -0.2) is 215 Å². The van der Waals surface area contributed by atoms with E-state index in [1.807, 2.05) is 24.3 Å². The zero-order chi connectivity index (χ0) is 81.3. The molecule has 0 unspecified atom stereocenters. The van der Waals surface area contributed by atoms with Crippen LogP contribution in [0.25, 0.3) is 10.9 Å². The number of carbonyl (C=O) groups is 14. The second kappa shape index (κ2) is 48.2. The smallest absolute Gasteiger partial charge is 0.326 e.